The zero-order valence-electron chi connectivity index (χ0n) is 19.7. The molecule has 2 aliphatic rings. The summed E-state index contributed by atoms with van der Waals surface area (Å²) in [6, 6.07) is 1.54. The average Bonchev–Trinajstić information content (AvgIpc) is 3.05. The van der Waals surface area contributed by atoms with Gasteiger partial charge in [-0.2, -0.15) is 0 Å². The van der Waals surface area contributed by atoms with Gasteiger partial charge in [-0.1, -0.05) is 6.92 Å². The molecule has 0 bridgehead atoms. The van der Waals surface area contributed by atoms with E-state index in [9.17, 15) is 14.3 Å². The van der Waals surface area contributed by atoms with Crippen molar-refractivity contribution >= 4 is 22.9 Å². The molecule has 2 aromatic rings. The first-order valence-electron chi connectivity index (χ1n) is 11.1. The minimum atomic E-state index is -1.66. The highest BCUT2D eigenvalue weighted by atomic mass is 19.1. The Kier molecular flexibility index (Phi) is 5.72. The Morgan fingerprint density at radius 1 is 1.44 bits per heavy atom. The number of aromatic nitrogens is 1. The van der Waals surface area contributed by atoms with Crippen molar-refractivity contribution in [2.45, 2.75) is 58.6 Å². The molecule has 0 saturated heterocycles. The quantitative estimate of drug-likeness (QED) is 0.700. The Balaban J connectivity index is 2.01. The van der Waals surface area contributed by atoms with E-state index in [0.717, 1.165) is 51.9 Å². The summed E-state index contributed by atoms with van der Waals surface area (Å²) in [6.45, 7) is 8.37. The molecule has 170 valence electrons. The molecule has 0 saturated carbocycles. The Bertz CT molecular complexity index is 1180. The van der Waals surface area contributed by atoms with Gasteiger partial charge in [-0.3, -0.25) is 4.79 Å². The predicted octanol–water partition coefficient (Wildman–Crippen LogP) is 4.43. The monoisotopic (exact) mass is 438 g/mol. The number of carbonyl (C=O) groups excluding carboxylic acids is 1. The van der Waals surface area contributed by atoms with E-state index in [4.69, 9.17) is 9.72 Å². The van der Waals surface area contributed by atoms with Gasteiger partial charge < -0.3 is 14.7 Å². The number of pyridine rings is 1. The van der Waals surface area contributed by atoms with Crippen LogP contribution in [0.4, 0.5) is 4.39 Å². The summed E-state index contributed by atoms with van der Waals surface area (Å²) in [5, 5.41) is 11.9. The van der Waals surface area contributed by atoms with Crippen LogP contribution < -0.4 is 0 Å². The van der Waals surface area contributed by atoms with Crippen molar-refractivity contribution in [2.24, 2.45) is 0 Å². The summed E-state index contributed by atoms with van der Waals surface area (Å²) < 4.78 is 20.0. The molecular formula is C26H31FN2O3. The molecule has 2 heterocycles. The van der Waals surface area contributed by atoms with E-state index in [0.29, 0.717) is 36.4 Å². The number of rotatable bonds is 5. The lowest BCUT2D eigenvalue weighted by molar-refractivity contribution is -0.119. The van der Waals surface area contributed by atoms with Crippen LogP contribution in [0.25, 0.3) is 16.6 Å². The molecule has 0 radical (unpaired) electrons. The average molecular weight is 439 g/mol. The number of carbonyl (C=O) groups is 1. The summed E-state index contributed by atoms with van der Waals surface area (Å²) in [6.07, 6.45) is 4.21. The van der Waals surface area contributed by atoms with Crippen LogP contribution in [0.2, 0.25) is 0 Å². The Hall–Kier alpha value is -2.57. The van der Waals surface area contributed by atoms with E-state index >= 15 is 0 Å². The fourth-order valence-corrected chi connectivity index (χ4v) is 5.25. The van der Waals surface area contributed by atoms with E-state index in [1.165, 1.54) is 12.5 Å². The van der Waals surface area contributed by atoms with Gasteiger partial charge in [0.05, 0.1) is 23.5 Å². The molecule has 2 atom stereocenters. The highest BCUT2D eigenvalue weighted by Crippen LogP contribution is 2.45. The highest BCUT2D eigenvalue weighted by molar-refractivity contribution is 5.92. The van der Waals surface area contributed by atoms with Crippen molar-refractivity contribution < 1.29 is 19.0 Å². The van der Waals surface area contributed by atoms with Gasteiger partial charge in [-0.15, -0.1) is 0 Å². The fraction of sp³-hybridized carbons (Fsp3) is 0.462. The molecule has 0 unspecified atom stereocenters. The summed E-state index contributed by atoms with van der Waals surface area (Å²) in [7, 11) is 3.55. The molecule has 0 amide bonds. The van der Waals surface area contributed by atoms with Crippen LogP contribution >= 0.6 is 0 Å². The van der Waals surface area contributed by atoms with Gasteiger partial charge in [0.2, 0.25) is 0 Å². The summed E-state index contributed by atoms with van der Waals surface area (Å²) in [5.41, 5.74) is 6.07. The SMILES string of the molecule is COC/C(C)=C(/C=C1/c2nc3cc(F)c(C)c4c3c(c2CN1C)[C@@H](C)CC4)[C@](C)(O)C=O. The number of aldehydes is 1. The first-order valence-corrected chi connectivity index (χ1v) is 11.1. The van der Waals surface area contributed by atoms with Gasteiger partial charge in [0.1, 0.15) is 11.4 Å². The molecule has 1 aliphatic carbocycles. The van der Waals surface area contributed by atoms with Crippen LogP contribution in [0.3, 0.4) is 0 Å². The summed E-state index contributed by atoms with van der Waals surface area (Å²) >= 11 is 0. The van der Waals surface area contributed by atoms with Crippen LogP contribution in [0.15, 0.2) is 23.3 Å². The van der Waals surface area contributed by atoms with Crippen LogP contribution in [-0.4, -0.2) is 47.6 Å². The third kappa shape index (κ3) is 3.46. The summed E-state index contributed by atoms with van der Waals surface area (Å²) in [5.74, 6) is 0.125. The molecule has 1 aromatic carbocycles. The highest BCUT2D eigenvalue weighted by Gasteiger charge is 2.34. The zero-order valence-corrected chi connectivity index (χ0v) is 19.7. The number of halogens is 1. The van der Waals surface area contributed by atoms with Crippen molar-refractivity contribution in [3.8, 4) is 0 Å². The first-order chi connectivity index (χ1) is 15.1. The van der Waals surface area contributed by atoms with Crippen LogP contribution in [0, 0.1) is 12.7 Å². The Morgan fingerprint density at radius 2 is 2.16 bits per heavy atom. The number of hydrogen-bond acceptors (Lipinski definition) is 5. The number of fused-ring (bicyclic) bond motifs is 2. The molecule has 0 fully saturated rings. The second kappa shape index (κ2) is 8.09. The number of aryl methyl sites for hydroxylation is 1. The molecule has 6 heteroatoms. The molecule has 1 aliphatic heterocycles. The third-order valence-corrected chi connectivity index (χ3v) is 6.99. The second-order valence-electron chi connectivity index (χ2n) is 9.43. The van der Waals surface area contributed by atoms with Gasteiger partial charge in [0.15, 0.2) is 6.29 Å². The van der Waals surface area contributed by atoms with Crippen molar-refractivity contribution in [1.29, 1.82) is 0 Å². The largest absolute Gasteiger partial charge is 0.380 e. The number of aliphatic hydroxyl groups is 1. The smallest absolute Gasteiger partial charge is 0.155 e. The minimum Gasteiger partial charge on any atom is -0.380 e. The first kappa shape index (κ1) is 22.6. The van der Waals surface area contributed by atoms with Crippen LogP contribution in [0.5, 0.6) is 0 Å². The molecule has 5 nitrogen and oxygen atoms in total. The van der Waals surface area contributed by atoms with E-state index in [1.54, 1.807) is 13.2 Å². The van der Waals surface area contributed by atoms with Crippen molar-refractivity contribution in [3.05, 3.63) is 57.1 Å². The normalized spacial score (nSPS) is 21.6. The van der Waals surface area contributed by atoms with Crippen molar-refractivity contribution in [2.75, 3.05) is 20.8 Å². The Morgan fingerprint density at radius 3 is 2.81 bits per heavy atom. The van der Waals surface area contributed by atoms with Gasteiger partial charge in [0, 0.05) is 37.7 Å². The third-order valence-electron chi connectivity index (χ3n) is 6.99. The molecule has 1 N–H and O–H groups in total. The lowest BCUT2D eigenvalue weighted by Crippen LogP contribution is -2.30. The van der Waals surface area contributed by atoms with Crippen molar-refractivity contribution in [1.82, 2.24) is 9.88 Å². The number of hydrogen-bond donors (Lipinski definition) is 1. The molecule has 1 aromatic heterocycles. The molecule has 0 spiro atoms. The van der Waals surface area contributed by atoms with E-state index < -0.39 is 5.60 Å². The van der Waals surface area contributed by atoms with Gasteiger partial charge in [-0.25, -0.2) is 9.37 Å². The maximum Gasteiger partial charge on any atom is 0.155 e. The fourth-order valence-electron chi connectivity index (χ4n) is 5.25. The standard InChI is InChI=1S/C26H31FN2O3/c1-14-7-8-17-16(3)20(27)10-21-24(17)23(14)18-11-29(5)22(25(18)28-21)9-19(15(2)12-32-6)26(4,31)13-30/h9-10,13-14,31H,7-8,11-12H2,1-6H3/b19-15-,22-9-/t14-,26+/m0/s1. The van der Waals surface area contributed by atoms with Gasteiger partial charge >= 0.3 is 0 Å². The van der Waals surface area contributed by atoms with E-state index in [2.05, 4.69) is 11.8 Å². The van der Waals surface area contributed by atoms with Gasteiger partial charge in [-0.05, 0) is 73.4 Å². The predicted molar refractivity (Wildman–Crippen MR) is 124 cm³/mol. The van der Waals surface area contributed by atoms with E-state index in [1.807, 2.05) is 27.0 Å². The zero-order chi connectivity index (χ0) is 23.4. The van der Waals surface area contributed by atoms with Crippen molar-refractivity contribution in [3.63, 3.8) is 0 Å². The number of benzene rings is 1. The number of methoxy groups -OCH3 is 1. The number of ether oxygens (including phenoxy) is 1. The minimum absolute atomic E-state index is 0.224. The molecule has 32 heavy (non-hydrogen) atoms. The molecule has 4 rings (SSSR count). The lowest BCUT2D eigenvalue weighted by Gasteiger charge is -2.26. The summed E-state index contributed by atoms with van der Waals surface area (Å²) in [4.78, 5) is 18.7. The topological polar surface area (TPSA) is 62.7 Å². The van der Waals surface area contributed by atoms with Crippen LogP contribution in [0.1, 0.15) is 61.1 Å². The lowest BCUT2D eigenvalue weighted by atomic mass is 9.79. The van der Waals surface area contributed by atoms with E-state index in [-0.39, 0.29) is 5.82 Å². The molecular weight excluding hydrogens is 407 g/mol. The second-order valence-corrected chi connectivity index (χ2v) is 9.43. The van der Waals surface area contributed by atoms with Gasteiger partial charge in [0.25, 0.3) is 0 Å². The van der Waals surface area contributed by atoms with Crippen LogP contribution in [-0.2, 0) is 22.5 Å². The number of nitrogens with zero attached hydrogens (tertiary/aromatic N) is 2. The maximum absolute atomic E-state index is 14.7. The Labute approximate surface area is 188 Å². The maximum atomic E-state index is 14.7.